The number of hydrogen-bond acceptors (Lipinski definition) is 2. The van der Waals surface area contributed by atoms with Crippen LogP contribution in [-0.4, -0.2) is 11.1 Å². The highest BCUT2D eigenvalue weighted by molar-refractivity contribution is 7.07. The van der Waals surface area contributed by atoms with Crippen molar-refractivity contribution in [3.63, 3.8) is 0 Å². The van der Waals surface area contributed by atoms with Crippen molar-refractivity contribution in [2.75, 3.05) is 6.54 Å². The second kappa shape index (κ2) is 5.48. The van der Waals surface area contributed by atoms with E-state index in [1.165, 1.54) is 17.0 Å². The number of rotatable bonds is 3. The summed E-state index contributed by atoms with van der Waals surface area (Å²) in [6, 6.07) is 4.34. The van der Waals surface area contributed by atoms with Crippen molar-refractivity contribution < 1.29 is 4.57 Å². The van der Waals surface area contributed by atoms with Gasteiger partial charge < -0.3 is 4.57 Å². The molecule has 0 aromatic carbocycles. The van der Waals surface area contributed by atoms with Crippen LogP contribution in [0.2, 0.25) is 0 Å². The van der Waals surface area contributed by atoms with E-state index in [2.05, 4.69) is 65.8 Å². The van der Waals surface area contributed by atoms with Gasteiger partial charge in [-0.3, -0.25) is 4.99 Å². The van der Waals surface area contributed by atoms with Gasteiger partial charge in [0.05, 0.1) is 0 Å². The van der Waals surface area contributed by atoms with Crippen LogP contribution in [0.4, 0.5) is 0 Å². The Bertz CT molecular complexity index is 608. The van der Waals surface area contributed by atoms with Crippen molar-refractivity contribution in [1.29, 1.82) is 0 Å². The Morgan fingerprint density at radius 2 is 2.11 bits per heavy atom. The zero-order valence-corrected chi connectivity index (χ0v) is 12.3. The lowest BCUT2D eigenvalue weighted by Crippen LogP contribution is -2.31. The van der Waals surface area contributed by atoms with Crippen molar-refractivity contribution in [2.45, 2.75) is 20.3 Å². The second-order valence-corrected chi connectivity index (χ2v) is 5.48. The molecule has 0 spiro atoms. The first-order valence-corrected chi connectivity index (χ1v) is 7.02. The van der Waals surface area contributed by atoms with E-state index in [0.717, 1.165) is 17.8 Å². The Morgan fingerprint density at radius 1 is 1.33 bits per heavy atom. The highest BCUT2D eigenvalue weighted by atomic mass is 32.1. The molecule has 0 atom stereocenters. The quantitative estimate of drug-likeness (QED) is 0.751. The van der Waals surface area contributed by atoms with Crippen LogP contribution in [0.5, 0.6) is 0 Å². The molecule has 2 aromatic rings. The summed E-state index contributed by atoms with van der Waals surface area (Å²) in [5.74, 6) is 0. The summed E-state index contributed by atoms with van der Waals surface area (Å²) in [5.41, 5.74) is 3.87. The van der Waals surface area contributed by atoms with E-state index in [1.54, 1.807) is 11.3 Å². The molecule has 2 aromatic heterocycles. The van der Waals surface area contributed by atoms with Crippen molar-refractivity contribution >= 4 is 11.3 Å². The van der Waals surface area contributed by atoms with Gasteiger partial charge in [0.2, 0.25) is 0 Å². The van der Waals surface area contributed by atoms with Gasteiger partial charge >= 0.3 is 0 Å². The highest BCUT2D eigenvalue weighted by Gasteiger charge is 2.02. The average Bonchev–Trinajstić information content (AvgIpc) is 2.66. The highest BCUT2D eigenvalue weighted by Crippen LogP contribution is 2.00. The van der Waals surface area contributed by atoms with Crippen LogP contribution in [0.3, 0.4) is 0 Å². The Balaban J connectivity index is 2.06. The van der Waals surface area contributed by atoms with E-state index < -0.39 is 0 Å². The average molecular weight is 262 g/mol. The molecular formula is C14H20N3S+. The molecule has 0 aliphatic carbocycles. The number of aromatic nitrogens is 2. The zero-order valence-electron chi connectivity index (χ0n) is 11.5. The normalized spacial score (nSPS) is 12.1. The van der Waals surface area contributed by atoms with Gasteiger partial charge in [0, 0.05) is 43.2 Å². The SMILES string of the molecule is Cc1csc(=NCCc2ccc(C)[n+](C)c2)n1C. The lowest BCUT2D eigenvalue weighted by molar-refractivity contribution is -0.678. The van der Waals surface area contributed by atoms with Crippen LogP contribution >= 0.6 is 11.3 Å². The number of thiazole rings is 1. The fourth-order valence-electron chi connectivity index (χ4n) is 1.76. The first kappa shape index (κ1) is 13.0. The monoisotopic (exact) mass is 262 g/mol. The fraction of sp³-hybridized carbons (Fsp3) is 0.429. The molecule has 0 saturated heterocycles. The standard InChI is InChI=1S/C14H20N3S/c1-11-5-6-13(9-16(11)3)7-8-15-14-17(4)12(2)10-18-14/h5-6,9-10H,7-8H2,1-4H3/q+1. The van der Waals surface area contributed by atoms with Crippen molar-refractivity contribution in [3.05, 3.63) is 45.5 Å². The Morgan fingerprint density at radius 3 is 2.72 bits per heavy atom. The molecule has 0 bridgehead atoms. The fourth-order valence-corrected chi connectivity index (χ4v) is 2.66. The first-order valence-electron chi connectivity index (χ1n) is 6.14. The number of pyridine rings is 1. The molecule has 18 heavy (non-hydrogen) atoms. The minimum Gasteiger partial charge on any atom is -0.324 e. The predicted molar refractivity (Wildman–Crippen MR) is 74.5 cm³/mol. The molecule has 2 rings (SSSR count). The Hall–Kier alpha value is -1.42. The van der Waals surface area contributed by atoms with Gasteiger partial charge in [0.15, 0.2) is 16.7 Å². The van der Waals surface area contributed by atoms with Gasteiger partial charge in [0.1, 0.15) is 7.05 Å². The van der Waals surface area contributed by atoms with Crippen molar-refractivity contribution in [1.82, 2.24) is 4.57 Å². The molecule has 0 aliphatic heterocycles. The molecule has 0 unspecified atom stereocenters. The molecule has 0 radical (unpaired) electrons. The van der Waals surface area contributed by atoms with Gasteiger partial charge in [-0.05, 0) is 19.4 Å². The zero-order chi connectivity index (χ0) is 13.1. The summed E-state index contributed by atoms with van der Waals surface area (Å²) in [7, 11) is 4.15. The third-order valence-corrected chi connectivity index (χ3v) is 4.33. The minimum absolute atomic E-state index is 0.844. The lowest BCUT2D eigenvalue weighted by Gasteiger charge is -1.99. The van der Waals surface area contributed by atoms with Crippen LogP contribution in [0.25, 0.3) is 0 Å². The molecule has 0 aliphatic rings. The van der Waals surface area contributed by atoms with E-state index in [1.807, 2.05) is 0 Å². The van der Waals surface area contributed by atoms with Crippen LogP contribution in [-0.2, 0) is 20.5 Å². The maximum atomic E-state index is 4.65. The largest absolute Gasteiger partial charge is 0.324 e. The summed E-state index contributed by atoms with van der Waals surface area (Å²) >= 11 is 1.71. The summed E-state index contributed by atoms with van der Waals surface area (Å²) < 4.78 is 4.30. The predicted octanol–water partition coefficient (Wildman–Crippen LogP) is 1.67. The molecule has 0 saturated carbocycles. The van der Waals surface area contributed by atoms with Crippen LogP contribution in [0.1, 0.15) is 17.0 Å². The van der Waals surface area contributed by atoms with E-state index in [4.69, 9.17) is 0 Å². The molecule has 2 heterocycles. The summed E-state index contributed by atoms with van der Waals surface area (Å²) in [4.78, 5) is 5.75. The van der Waals surface area contributed by atoms with E-state index in [0.29, 0.717) is 0 Å². The molecule has 0 amide bonds. The summed E-state index contributed by atoms with van der Waals surface area (Å²) in [6.07, 6.45) is 3.18. The van der Waals surface area contributed by atoms with Gasteiger partial charge in [-0.1, -0.05) is 0 Å². The minimum atomic E-state index is 0.844. The molecule has 4 heteroatoms. The molecular weight excluding hydrogens is 242 g/mol. The van der Waals surface area contributed by atoms with Crippen LogP contribution < -0.4 is 9.37 Å². The number of nitrogens with zero attached hydrogens (tertiary/aromatic N) is 3. The summed E-state index contributed by atoms with van der Waals surface area (Å²) in [5, 5.41) is 2.14. The molecule has 0 N–H and O–H groups in total. The van der Waals surface area contributed by atoms with Crippen molar-refractivity contribution in [3.8, 4) is 0 Å². The van der Waals surface area contributed by atoms with Crippen LogP contribution in [0.15, 0.2) is 28.7 Å². The van der Waals surface area contributed by atoms with Crippen molar-refractivity contribution in [2.24, 2.45) is 19.1 Å². The van der Waals surface area contributed by atoms with Gasteiger partial charge in [0.25, 0.3) is 0 Å². The second-order valence-electron chi connectivity index (χ2n) is 4.64. The smallest absolute Gasteiger partial charge is 0.184 e. The Kier molecular flexibility index (Phi) is 3.97. The molecule has 96 valence electrons. The number of hydrogen-bond donors (Lipinski definition) is 0. The summed E-state index contributed by atoms with van der Waals surface area (Å²) in [6.45, 7) is 5.06. The molecule has 0 fully saturated rings. The third kappa shape index (κ3) is 2.88. The maximum Gasteiger partial charge on any atom is 0.184 e. The Labute approximate surface area is 112 Å². The van der Waals surface area contributed by atoms with E-state index in [9.17, 15) is 0 Å². The first-order chi connectivity index (χ1) is 8.58. The maximum absolute atomic E-state index is 4.65. The van der Waals surface area contributed by atoms with E-state index >= 15 is 0 Å². The van der Waals surface area contributed by atoms with E-state index in [-0.39, 0.29) is 0 Å². The number of aryl methyl sites for hydroxylation is 3. The topological polar surface area (TPSA) is 21.2 Å². The third-order valence-electron chi connectivity index (χ3n) is 3.25. The van der Waals surface area contributed by atoms with Gasteiger partial charge in [-0.15, -0.1) is 11.3 Å². The van der Waals surface area contributed by atoms with Crippen LogP contribution in [0, 0.1) is 13.8 Å². The molecule has 3 nitrogen and oxygen atoms in total. The lowest BCUT2D eigenvalue weighted by atomic mass is 10.2. The van der Waals surface area contributed by atoms with Gasteiger partial charge in [-0.25, -0.2) is 4.57 Å². The van der Waals surface area contributed by atoms with Gasteiger partial charge in [-0.2, -0.15) is 0 Å².